The number of rotatable bonds is 5. The Kier molecular flexibility index (Phi) is 4.71. The van der Waals surface area contributed by atoms with E-state index in [4.69, 9.17) is 0 Å². The highest BCUT2D eigenvalue weighted by Gasteiger charge is 2.28. The van der Waals surface area contributed by atoms with Crippen LogP contribution in [0.25, 0.3) is 0 Å². The molecule has 0 unspecified atom stereocenters. The van der Waals surface area contributed by atoms with Crippen molar-refractivity contribution in [1.82, 2.24) is 35.7 Å². The second kappa shape index (κ2) is 6.54. The Bertz CT molecular complexity index is 671. The SMILES string of the molecule is C[C@H](NC(=O)c1ccc(OCC(F)(F)F)nn1)c1nnnn1C. The van der Waals surface area contributed by atoms with E-state index in [1.807, 2.05) is 0 Å². The number of hydrogen-bond donors (Lipinski definition) is 1. The van der Waals surface area contributed by atoms with E-state index in [2.05, 4.69) is 35.8 Å². The summed E-state index contributed by atoms with van der Waals surface area (Å²) in [7, 11) is 1.62. The van der Waals surface area contributed by atoms with Crippen LogP contribution in [0.5, 0.6) is 5.88 Å². The Morgan fingerprint density at radius 3 is 2.61 bits per heavy atom. The van der Waals surface area contributed by atoms with Crippen molar-refractivity contribution in [3.8, 4) is 5.88 Å². The van der Waals surface area contributed by atoms with Crippen LogP contribution >= 0.6 is 0 Å². The zero-order chi connectivity index (χ0) is 17.0. The molecule has 9 nitrogen and oxygen atoms in total. The minimum absolute atomic E-state index is 0.0775. The van der Waals surface area contributed by atoms with Crippen LogP contribution in [0.1, 0.15) is 29.3 Å². The number of aryl methyl sites for hydroxylation is 1. The van der Waals surface area contributed by atoms with Gasteiger partial charge in [-0.3, -0.25) is 4.79 Å². The Labute approximate surface area is 127 Å². The van der Waals surface area contributed by atoms with Crippen LogP contribution in [0.15, 0.2) is 12.1 Å². The first-order valence-electron chi connectivity index (χ1n) is 6.32. The molecule has 0 bridgehead atoms. The molecule has 0 radical (unpaired) electrons. The van der Waals surface area contributed by atoms with Gasteiger partial charge in [0.05, 0.1) is 6.04 Å². The van der Waals surface area contributed by atoms with Gasteiger partial charge in [0.25, 0.3) is 5.91 Å². The second-order valence-corrected chi connectivity index (χ2v) is 4.52. The van der Waals surface area contributed by atoms with Crippen molar-refractivity contribution >= 4 is 5.91 Å². The fraction of sp³-hybridized carbons (Fsp3) is 0.455. The van der Waals surface area contributed by atoms with Gasteiger partial charge < -0.3 is 10.1 Å². The van der Waals surface area contributed by atoms with Crippen molar-refractivity contribution in [3.63, 3.8) is 0 Å². The number of hydrogen-bond acceptors (Lipinski definition) is 7. The predicted octanol–water partition coefficient (Wildman–Crippen LogP) is 0.432. The first kappa shape index (κ1) is 16.6. The Morgan fingerprint density at radius 2 is 2.09 bits per heavy atom. The maximum Gasteiger partial charge on any atom is 0.422 e. The van der Waals surface area contributed by atoms with Gasteiger partial charge in [-0.1, -0.05) is 0 Å². The number of tetrazole rings is 1. The summed E-state index contributed by atoms with van der Waals surface area (Å²) < 4.78 is 41.8. The van der Waals surface area contributed by atoms with Crippen LogP contribution in [-0.4, -0.2) is 49.1 Å². The molecule has 2 heterocycles. The van der Waals surface area contributed by atoms with E-state index < -0.39 is 24.7 Å². The van der Waals surface area contributed by atoms with E-state index >= 15 is 0 Å². The molecular weight excluding hydrogens is 319 g/mol. The largest absolute Gasteiger partial charge is 0.467 e. The zero-order valence-electron chi connectivity index (χ0n) is 12.1. The van der Waals surface area contributed by atoms with Crippen molar-refractivity contribution < 1.29 is 22.7 Å². The summed E-state index contributed by atoms with van der Waals surface area (Å²) in [6.45, 7) is 0.182. The van der Waals surface area contributed by atoms with E-state index in [0.29, 0.717) is 5.82 Å². The maximum absolute atomic E-state index is 12.0. The maximum atomic E-state index is 12.0. The van der Waals surface area contributed by atoms with Gasteiger partial charge in [0, 0.05) is 13.1 Å². The summed E-state index contributed by atoms with van der Waals surface area (Å²) in [5.41, 5.74) is -0.0775. The minimum atomic E-state index is -4.47. The van der Waals surface area contributed by atoms with Crippen LogP contribution in [0.3, 0.4) is 0 Å². The van der Waals surface area contributed by atoms with Crippen LogP contribution in [0.4, 0.5) is 13.2 Å². The molecular formula is C11H12F3N7O2. The molecule has 23 heavy (non-hydrogen) atoms. The van der Waals surface area contributed by atoms with Crippen molar-refractivity contribution in [2.75, 3.05) is 6.61 Å². The van der Waals surface area contributed by atoms with Gasteiger partial charge in [0.15, 0.2) is 18.1 Å². The third-order valence-corrected chi connectivity index (χ3v) is 2.64. The van der Waals surface area contributed by atoms with Crippen LogP contribution in [-0.2, 0) is 7.05 Å². The Balaban J connectivity index is 1.96. The van der Waals surface area contributed by atoms with Gasteiger partial charge >= 0.3 is 6.18 Å². The summed E-state index contributed by atoms with van der Waals surface area (Å²) in [6, 6.07) is 1.84. The lowest BCUT2D eigenvalue weighted by atomic mass is 10.3. The van der Waals surface area contributed by atoms with E-state index in [1.54, 1.807) is 14.0 Å². The quantitative estimate of drug-likeness (QED) is 0.846. The summed E-state index contributed by atoms with van der Waals surface area (Å²) in [5.74, 6) is -0.476. The van der Waals surface area contributed by atoms with E-state index in [-0.39, 0.29) is 11.6 Å². The number of alkyl halides is 3. The fourth-order valence-corrected chi connectivity index (χ4v) is 1.61. The monoisotopic (exact) mass is 331 g/mol. The Hall–Kier alpha value is -2.79. The number of amides is 1. The minimum Gasteiger partial charge on any atom is -0.467 e. The molecule has 0 aliphatic rings. The van der Waals surface area contributed by atoms with Gasteiger partial charge in [-0.15, -0.1) is 15.3 Å². The zero-order valence-corrected chi connectivity index (χ0v) is 12.1. The molecule has 0 saturated heterocycles. The normalized spacial score (nSPS) is 12.7. The van der Waals surface area contributed by atoms with Crippen molar-refractivity contribution in [2.24, 2.45) is 7.05 Å². The summed E-state index contributed by atoms with van der Waals surface area (Å²) in [4.78, 5) is 12.0. The van der Waals surface area contributed by atoms with Crippen LogP contribution in [0.2, 0.25) is 0 Å². The van der Waals surface area contributed by atoms with Gasteiger partial charge in [0.2, 0.25) is 5.88 Å². The van der Waals surface area contributed by atoms with Gasteiger partial charge in [-0.2, -0.15) is 13.2 Å². The number of ether oxygens (including phenoxy) is 1. The average Bonchev–Trinajstić information content (AvgIpc) is 2.91. The number of nitrogens with one attached hydrogen (secondary N) is 1. The van der Waals surface area contributed by atoms with E-state index in [1.165, 1.54) is 10.7 Å². The van der Waals surface area contributed by atoms with Gasteiger partial charge in [-0.25, -0.2) is 4.68 Å². The molecule has 2 rings (SSSR count). The number of aromatic nitrogens is 6. The topological polar surface area (TPSA) is 108 Å². The van der Waals surface area contributed by atoms with Crippen LogP contribution < -0.4 is 10.1 Å². The molecule has 2 aromatic heterocycles. The average molecular weight is 331 g/mol. The van der Waals surface area contributed by atoms with Crippen molar-refractivity contribution in [1.29, 1.82) is 0 Å². The summed E-state index contributed by atoms with van der Waals surface area (Å²) in [6.07, 6.45) is -4.47. The third kappa shape index (κ3) is 4.59. The lowest BCUT2D eigenvalue weighted by Crippen LogP contribution is -2.29. The molecule has 1 atom stereocenters. The molecule has 0 aromatic carbocycles. The highest BCUT2D eigenvalue weighted by atomic mass is 19.4. The van der Waals surface area contributed by atoms with Crippen LogP contribution in [0, 0.1) is 0 Å². The smallest absolute Gasteiger partial charge is 0.422 e. The summed E-state index contributed by atoms with van der Waals surface area (Å²) >= 11 is 0. The first-order valence-corrected chi connectivity index (χ1v) is 6.32. The molecule has 0 aliphatic heterocycles. The van der Waals surface area contributed by atoms with Crippen molar-refractivity contribution in [2.45, 2.75) is 19.1 Å². The fourth-order valence-electron chi connectivity index (χ4n) is 1.61. The molecule has 0 fully saturated rings. The van der Waals surface area contributed by atoms with Crippen molar-refractivity contribution in [3.05, 3.63) is 23.7 Å². The lowest BCUT2D eigenvalue weighted by molar-refractivity contribution is -0.154. The van der Waals surface area contributed by atoms with E-state index in [0.717, 1.165) is 6.07 Å². The second-order valence-electron chi connectivity index (χ2n) is 4.52. The number of halogens is 3. The molecule has 2 aromatic rings. The molecule has 1 amide bonds. The number of nitrogens with zero attached hydrogens (tertiary/aromatic N) is 6. The molecule has 1 N–H and O–H groups in total. The van der Waals surface area contributed by atoms with Gasteiger partial charge in [0.1, 0.15) is 0 Å². The molecule has 124 valence electrons. The van der Waals surface area contributed by atoms with Gasteiger partial charge in [-0.05, 0) is 23.4 Å². The first-order chi connectivity index (χ1) is 10.8. The lowest BCUT2D eigenvalue weighted by Gasteiger charge is -2.11. The predicted molar refractivity (Wildman–Crippen MR) is 68.3 cm³/mol. The highest BCUT2D eigenvalue weighted by Crippen LogP contribution is 2.16. The summed E-state index contributed by atoms with van der Waals surface area (Å²) in [5, 5.41) is 20.4. The third-order valence-electron chi connectivity index (χ3n) is 2.64. The van der Waals surface area contributed by atoms with E-state index in [9.17, 15) is 18.0 Å². The Morgan fingerprint density at radius 1 is 1.35 bits per heavy atom. The number of carbonyl (C=O) groups is 1. The molecule has 0 spiro atoms. The molecule has 0 aliphatic carbocycles. The highest BCUT2D eigenvalue weighted by molar-refractivity contribution is 5.92. The molecule has 12 heteroatoms. The number of carbonyl (C=O) groups excluding carboxylic acids is 1. The standard InChI is InChI=1S/C11H12F3N7O2/c1-6(9-18-19-20-21(9)2)15-10(22)7-3-4-8(17-16-7)23-5-11(12,13)14/h3-4,6H,5H2,1-2H3,(H,15,22)/t6-/m0/s1. The molecule has 0 saturated carbocycles.